The van der Waals surface area contributed by atoms with Gasteiger partial charge in [-0.25, -0.2) is 28.4 Å². The van der Waals surface area contributed by atoms with Gasteiger partial charge in [-0.3, -0.25) is 0 Å². The Morgan fingerprint density at radius 1 is 1.31 bits per heavy atom. The largest absolute Gasteiger partial charge is 0.351 e. The molecule has 3 aromatic heterocycles. The van der Waals surface area contributed by atoms with E-state index in [1.165, 1.54) is 23.2 Å². The molecule has 0 spiro atoms. The molecule has 0 bridgehead atoms. The number of hydrogen-bond acceptors (Lipinski definition) is 5. The number of rotatable bonds is 5. The molecule has 0 saturated carbocycles. The van der Waals surface area contributed by atoms with E-state index in [9.17, 15) is 13.6 Å². The van der Waals surface area contributed by atoms with Gasteiger partial charge in [0.25, 0.3) is 0 Å². The monoisotopic (exact) mass is 358 g/mol. The van der Waals surface area contributed by atoms with Crippen molar-refractivity contribution in [3.8, 4) is 17.1 Å². The Morgan fingerprint density at radius 2 is 2.12 bits per heavy atom. The average molecular weight is 358 g/mol. The molecule has 26 heavy (non-hydrogen) atoms. The first kappa shape index (κ1) is 17.6. The fourth-order valence-corrected chi connectivity index (χ4v) is 2.38. The van der Waals surface area contributed by atoms with Crippen molar-refractivity contribution < 1.29 is 8.78 Å². The lowest BCUT2D eigenvalue weighted by Gasteiger charge is -2.08. The van der Waals surface area contributed by atoms with Crippen LogP contribution >= 0.6 is 0 Å². The number of aromatic nitrogens is 5. The van der Waals surface area contributed by atoms with E-state index in [1.54, 1.807) is 25.1 Å². The summed E-state index contributed by atoms with van der Waals surface area (Å²) in [6.45, 7) is 1.74. The first-order valence-electron chi connectivity index (χ1n) is 7.76. The predicted molar refractivity (Wildman–Crippen MR) is 91.8 cm³/mol. The van der Waals surface area contributed by atoms with E-state index in [1.807, 2.05) is 0 Å². The molecule has 0 aliphatic carbocycles. The van der Waals surface area contributed by atoms with E-state index in [-0.39, 0.29) is 18.7 Å². The van der Waals surface area contributed by atoms with Gasteiger partial charge in [-0.05, 0) is 36.3 Å². The Balaban J connectivity index is 2.02. The zero-order valence-electron chi connectivity index (χ0n) is 13.9. The summed E-state index contributed by atoms with van der Waals surface area (Å²) in [7, 11) is 0. The van der Waals surface area contributed by atoms with Gasteiger partial charge >= 0.3 is 5.69 Å². The van der Waals surface area contributed by atoms with Crippen LogP contribution in [0.5, 0.6) is 0 Å². The lowest BCUT2D eigenvalue weighted by molar-refractivity contribution is 0.584. The number of pyridine rings is 2. The van der Waals surface area contributed by atoms with Crippen LogP contribution in [-0.2, 0) is 6.54 Å². The van der Waals surface area contributed by atoms with Crippen LogP contribution in [0.3, 0.4) is 0 Å². The number of hydrogen-bond donors (Lipinski definition) is 1. The van der Waals surface area contributed by atoms with E-state index in [4.69, 9.17) is 5.73 Å². The number of nitrogens with zero attached hydrogens (tertiary/aromatic N) is 5. The molecule has 2 N–H and O–H groups in total. The molecule has 0 aliphatic heterocycles. The molecule has 0 fully saturated rings. The smallest absolute Gasteiger partial charge is 0.327 e. The molecule has 3 heterocycles. The molecular formula is C17H16F2N6O. The van der Waals surface area contributed by atoms with E-state index in [2.05, 4.69) is 15.1 Å². The summed E-state index contributed by atoms with van der Waals surface area (Å²) in [6, 6.07) is 6.33. The molecular weight excluding hydrogens is 342 g/mol. The molecule has 0 saturated heterocycles. The summed E-state index contributed by atoms with van der Waals surface area (Å²) < 4.78 is 28.1. The summed E-state index contributed by atoms with van der Waals surface area (Å²) in [6.07, 6.45) is 3.05. The molecule has 0 atom stereocenters. The van der Waals surface area contributed by atoms with Gasteiger partial charge in [-0.15, -0.1) is 0 Å². The van der Waals surface area contributed by atoms with Crippen molar-refractivity contribution in [1.29, 1.82) is 0 Å². The van der Waals surface area contributed by atoms with Crippen molar-refractivity contribution in [1.82, 2.24) is 24.3 Å². The Hall–Kier alpha value is -3.20. The fourth-order valence-electron chi connectivity index (χ4n) is 2.38. The van der Waals surface area contributed by atoms with Crippen molar-refractivity contribution in [2.75, 3.05) is 6.54 Å². The van der Waals surface area contributed by atoms with Crippen LogP contribution in [-0.4, -0.2) is 30.9 Å². The molecule has 0 amide bonds. The summed E-state index contributed by atoms with van der Waals surface area (Å²) in [5.74, 6) is -0.211. The molecule has 0 aromatic carbocycles. The van der Waals surface area contributed by atoms with Gasteiger partial charge < -0.3 is 5.73 Å². The average Bonchev–Trinajstić information content (AvgIpc) is 3.01. The second-order valence-electron chi connectivity index (χ2n) is 5.62. The highest BCUT2D eigenvalue weighted by Crippen LogP contribution is 2.19. The van der Waals surface area contributed by atoms with Crippen molar-refractivity contribution in [3.63, 3.8) is 0 Å². The lowest BCUT2D eigenvalue weighted by atomic mass is 10.1. The van der Waals surface area contributed by atoms with Crippen molar-refractivity contribution in [3.05, 3.63) is 70.7 Å². The third-order valence-electron chi connectivity index (χ3n) is 3.82. The van der Waals surface area contributed by atoms with Crippen LogP contribution in [0.4, 0.5) is 8.78 Å². The van der Waals surface area contributed by atoms with Gasteiger partial charge in [-0.2, -0.15) is 9.49 Å². The maximum atomic E-state index is 13.0. The minimum absolute atomic E-state index is 0.0138. The summed E-state index contributed by atoms with van der Waals surface area (Å²) >= 11 is 0. The normalized spacial score (nSPS) is 11.8. The predicted octanol–water partition coefficient (Wildman–Crippen LogP) is 1.75. The van der Waals surface area contributed by atoms with Gasteiger partial charge in [0.1, 0.15) is 12.1 Å². The third-order valence-corrected chi connectivity index (χ3v) is 3.82. The zero-order valence-corrected chi connectivity index (χ0v) is 13.9. The van der Waals surface area contributed by atoms with E-state index >= 15 is 0 Å². The molecule has 0 unspecified atom stereocenters. The maximum Gasteiger partial charge on any atom is 0.351 e. The minimum Gasteiger partial charge on any atom is -0.327 e. The highest BCUT2D eigenvalue weighted by Gasteiger charge is 2.13. The van der Waals surface area contributed by atoms with Gasteiger partial charge in [0.15, 0.2) is 0 Å². The quantitative estimate of drug-likeness (QED) is 0.702. The van der Waals surface area contributed by atoms with Gasteiger partial charge in [-0.1, -0.05) is 6.07 Å². The topological polar surface area (TPSA) is 91.6 Å². The molecule has 134 valence electrons. The first-order valence-corrected chi connectivity index (χ1v) is 7.76. The Labute approximate surface area is 147 Å². The molecule has 3 aromatic rings. The highest BCUT2D eigenvalue weighted by molar-refractivity contribution is 5.59. The SMILES string of the molecule is Cc1ccc(-c2ccc(F)nc2)nc1-n1cnn(C/C(=C/F)CN)c1=O. The lowest BCUT2D eigenvalue weighted by Crippen LogP contribution is -2.26. The third kappa shape index (κ3) is 3.42. The highest BCUT2D eigenvalue weighted by atomic mass is 19.1. The molecule has 0 aliphatic rings. The second kappa shape index (κ2) is 7.36. The first-order chi connectivity index (χ1) is 12.5. The van der Waals surface area contributed by atoms with Crippen molar-refractivity contribution in [2.45, 2.75) is 13.5 Å². The van der Waals surface area contributed by atoms with E-state index < -0.39 is 11.6 Å². The Bertz CT molecular complexity index is 1010. The Morgan fingerprint density at radius 3 is 2.77 bits per heavy atom. The standard InChI is InChI=1S/C17H16F2N6O/c1-11-2-4-14(13-3-5-15(19)21-8-13)23-16(11)24-10-22-25(17(24)26)9-12(6-18)7-20/h2-6,8,10H,7,9,20H2,1H3/b12-6+. The zero-order chi connectivity index (χ0) is 18.7. The van der Waals surface area contributed by atoms with Gasteiger partial charge in [0, 0.05) is 18.3 Å². The Kier molecular flexibility index (Phi) is 4.99. The summed E-state index contributed by atoms with van der Waals surface area (Å²) in [5.41, 5.74) is 7.07. The van der Waals surface area contributed by atoms with Crippen molar-refractivity contribution in [2.24, 2.45) is 5.73 Å². The fraction of sp³-hybridized carbons (Fsp3) is 0.176. The molecule has 9 heteroatoms. The van der Waals surface area contributed by atoms with Gasteiger partial charge in [0.05, 0.1) is 18.6 Å². The van der Waals surface area contributed by atoms with Crippen LogP contribution < -0.4 is 11.4 Å². The van der Waals surface area contributed by atoms with Crippen LogP contribution in [0.2, 0.25) is 0 Å². The van der Waals surface area contributed by atoms with Crippen LogP contribution in [0, 0.1) is 12.9 Å². The van der Waals surface area contributed by atoms with E-state index in [0.29, 0.717) is 23.4 Å². The second-order valence-corrected chi connectivity index (χ2v) is 5.62. The molecule has 3 rings (SSSR count). The molecule has 7 nitrogen and oxygen atoms in total. The minimum atomic E-state index is -0.588. The summed E-state index contributed by atoms with van der Waals surface area (Å²) in [5, 5.41) is 3.99. The van der Waals surface area contributed by atoms with Crippen LogP contribution in [0.25, 0.3) is 17.1 Å². The van der Waals surface area contributed by atoms with Crippen LogP contribution in [0.15, 0.2) is 53.5 Å². The van der Waals surface area contributed by atoms with Crippen LogP contribution in [0.1, 0.15) is 5.56 Å². The van der Waals surface area contributed by atoms with Crippen molar-refractivity contribution >= 4 is 0 Å². The number of aryl methyl sites for hydroxylation is 1. The number of halogens is 2. The van der Waals surface area contributed by atoms with Gasteiger partial charge in [0.2, 0.25) is 5.95 Å². The summed E-state index contributed by atoms with van der Waals surface area (Å²) in [4.78, 5) is 20.6. The number of nitrogens with two attached hydrogens (primary N) is 1. The molecule has 0 radical (unpaired) electrons. The van der Waals surface area contributed by atoms with E-state index in [0.717, 1.165) is 10.2 Å². The maximum absolute atomic E-state index is 13.0.